The van der Waals surface area contributed by atoms with Crippen LogP contribution >= 0.6 is 0 Å². The number of hydrogen-bond acceptors (Lipinski definition) is 4. The first kappa shape index (κ1) is 17.3. The summed E-state index contributed by atoms with van der Waals surface area (Å²) in [7, 11) is 3.61. The summed E-state index contributed by atoms with van der Waals surface area (Å²) in [5.41, 5.74) is 6.96. The van der Waals surface area contributed by atoms with Crippen LogP contribution in [-0.4, -0.2) is 38.1 Å². The Morgan fingerprint density at radius 3 is 2.76 bits per heavy atom. The first-order valence-electron chi connectivity index (χ1n) is 7.48. The van der Waals surface area contributed by atoms with Crippen LogP contribution in [0, 0.1) is 0 Å². The molecule has 0 unspecified atom stereocenters. The SMILES string of the molecule is CCCCCN(C)CCC(=O)Nc1ccc(N)cc1OC. The summed E-state index contributed by atoms with van der Waals surface area (Å²) < 4.78 is 5.21. The van der Waals surface area contributed by atoms with Gasteiger partial charge in [-0.3, -0.25) is 4.79 Å². The van der Waals surface area contributed by atoms with Gasteiger partial charge >= 0.3 is 0 Å². The number of nitrogens with one attached hydrogen (secondary N) is 1. The number of carbonyl (C=O) groups is 1. The maximum atomic E-state index is 12.0. The van der Waals surface area contributed by atoms with Crippen LogP contribution in [0.2, 0.25) is 0 Å². The van der Waals surface area contributed by atoms with Crippen molar-refractivity contribution < 1.29 is 9.53 Å². The third-order valence-corrected chi connectivity index (χ3v) is 3.36. The summed E-state index contributed by atoms with van der Waals surface area (Å²) in [4.78, 5) is 14.2. The van der Waals surface area contributed by atoms with E-state index in [1.165, 1.54) is 19.3 Å². The molecular formula is C16H27N3O2. The van der Waals surface area contributed by atoms with Crippen LogP contribution in [0.5, 0.6) is 5.75 Å². The summed E-state index contributed by atoms with van der Waals surface area (Å²) in [6, 6.07) is 5.21. The number of ether oxygens (including phenoxy) is 1. The number of nitrogens with zero attached hydrogens (tertiary/aromatic N) is 1. The van der Waals surface area contributed by atoms with Crippen LogP contribution in [0.15, 0.2) is 18.2 Å². The highest BCUT2D eigenvalue weighted by Gasteiger charge is 2.09. The molecule has 0 saturated heterocycles. The molecule has 118 valence electrons. The summed E-state index contributed by atoms with van der Waals surface area (Å²) in [5.74, 6) is 0.570. The summed E-state index contributed by atoms with van der Waals surface area (Å²) >= 11 is 0. The smallest absolute Gasteiger partial charge is 0.225 e. The van der Waals surface area contributed by atoms with Gasteiger partial charge in [-0.2, -0.15) is 0 Å². The Hall–Kier alpha value is -1.75. The largest absolute Gasteiger partial charge is 0.494 e. The average molecular weight is 293 g/mol. The van der Waals surface area contributed by atoms with Gasteiger partial charge in [-0.15, -0.1) is 0 Å². The van der Waals surface area contributed by atoms with Crippen molar-refractivity contribution in [2.45, 2.75) is 32.6 Å². The fourth-order valence-electron chi connectivity index (χ4n) is 2.06. The number of benzene rings is 1. The Balaban J connectivity index is 2.40. The Morgan fingerprint density at radius 1 is 1.33 bits per heavy atom. The highest BCUT2D eigenvalue weighted by Crippen LogP contribution is 2.26. The zero-order valence-corrected chi connectivity index (χ0v) is 13.3. The first-order valence-corrected chi connectivity index (χ1v) is 7.48. The molecule has 0 aliphatic carbocycles. The minimum absolute atomic E-state index is 0.0135. The van der Waals surface area contributed by atoms with Crippen LogP contribution in [0.3, 0.4) is 0 Å². The normalized spacial score (nSPS) is 10.7. The van der Waals surface area contributed by atoms with Gasteiger partial charge in [0, 0.05) is 24.7 Å². The van der Waals surface area contributed by atoms with Crippen molar-refractivity contribution in [2.75, 3.05) is 38.3 Å². The van der Waals surface area contributed by atoms with Crippen LogP contribution in [0.4, 0.5) is 11.4 Å². The summed E-state index contributed by atoms with van der Waals surface area (Å²) in [6.07, 6.45) is 4.10. The van der Waals surface area contributed by atoms with Crippen molar-refractivity contribution in [3.63, 3.8) is 0 Å². The van der Waals surface area contributed by atoms with E-state index in [1.54, 1.807) is 25.3 Å². The van der Waals surface area contributed by atoms with Gasteiger partial charge in [-0.1, -0.05) is 19.8 Å². The van der Waals surface area contributed by atoms with Crippen molar-refractivity contribution >= 4 is 17.3 Å². The van der Waals surface area contributed by atoms with Crippen molar-refractivity contribution in [1.29, 1.82) is 0 Å². The van der Waals surface area contributed by atoms with Gasteiger partial charge in [0.1, 0.15) is 5.75 Å². The predicted molar refractivity (Wildman–Crippen MR) is 87.7 cm³/mol. The van der Waals surface area contributed by atoms with Gasteiger partial charge in [0.15, 0.2) is 0 Å². The molecule has 3 N–H and O–H groups in total. The topological polar surface area (TPSA) is 67.6 Å². The molecule has 21 heavy (non-hydrogen) atoms. The van der Waals surface area contributed by atoms with Crippen LogP contribution in [-0.2, 0) is 4.79 Å². The van der Waals surface area contributed by atoms with Gasteiger partial charge in [-0.25, -0.2) is 0 Å². The van der Waals surface area contributed by atoms with Crippen LogP contribution < -0.4 is 15.8 Å². The molecule has 5 heteroatoms. The highest BCUT2D eigenvalue weighted by molar-refractivity contribution is 5.92. The molecule has 0 spiro atoms. The van der Waals surface area contributed by atoms with E-state index in [0.29, 0.717) is 23.5 Å². The second kappa shape index (κ2) is 9.23. The van der Waals surface area contributed by atoms with Gasteiger partial charge in [0.25, 0.3) is 0 Å². The van der Waals surface area contributed by atoms with Crippen molar-refractivity contribution in [3.05, 3.63) is 18.2 Å². The number of rotatable bonds is 9. The number of methoxy groups -OCH3 is 1. The molecule has 1 aromatic rings. The summed E-state index contributed by atoms with van der Waals surface area (Å²) in [5, 5.41) is 2.87. The van der Waals surface area contributed by atoms with Crippen LogP contribution in [0.1, 0.15) is 32.6 Å². The first-order chi connectivity index (χ1) is 10.1. The zero-order valence-electron chi connectivity index (χ0n) is 13.3. The molecule has 0 saturated carbocycles. The molecular weight excluding hydrogens is 266 g/mol. The fraction of sp³-hybridized carbons (Fsp3) is 0.562. The van der Waals surface area contributed by atoms with E-state index in [9.17, 15) is 4.79 Å². The van der Waals surface area contributed by atoms with Gasteiger partial charge in [0.05, 0.1) is 12.8 Å². The molecule has 1 rings (SSSR count). The molecule has 0 heterocycles. The molecule has 0 atom stereocenters. The Kier molecular flexibility index (Phi) is 7.61. The average Bonchev–Trinajstić information content (AvgIpc) is 2.47. The lowest BCUT2D eigenvalue weighted by molar-refractivity contribution is -0.116. The number of nitrogens with two attached hydrogens (primary N) is 1. The Bertz CT molecular complexity index is 449. The minimum Gasteiger partial charge on any atom is -0.494 e. The molecule has 0 fully saturated rings. The van der Waals surface area contributed by atoms with Crippen LogP contribution in [0.25, 0.3) is 0 Å². The van der Waals surface area contributed by atoms with E-state index in [-0.39, 0.29) is 5.91 Å². The lowest BCUT2D eigenvalue weighted by atomic mass is 10.2. The Morgan fingerprint density at radius 2 is 2.10 bits per heavy atom. The van der Waals surface area contributed by atoms with Crippen molar-refractivity contribution in [1.82, 2.24) is 4.90 Å². The lowest BCUT2D eigenvalue weighted by Crippen LogP contribution is -2.25. The third kappa shape index (κ3) is 6.49. The quantitative estimate of drug-likeness (QED) is 0.542. The van der Waals surface area contributed by atoms with E-state index in [1.807, 2.05) is 7.05 Å². The lowest BCUT2D eigenvalue weighted by Gasteiger charge is -2.16. The van der Waals surface area contributed by atoms with Crippen molar-refractivity contribution in [3.8, 4) is 5.75 Å². The van der Waals surface area contributed by atoms with E-state index in [4.69, 9.17) is 10.5 Å². The predicted octanol–water partition coefficient (Wildman–Crippen LogP) is 2.73. The van der Waals surface area contributed by atoms with E-state index >= 15 is 0 Å². The number of hydrogen-bond donors (Lipinski definition) is 2. The molecule has 0 radical (unpaired) electrons. The molecule has 0 aromatic heterocycles. The molecule has 0 aliphatic heterocycles. The maximum Gasteiger partial charge on any atom is 0.225 e. The minimum atomic E-state index is -0.0135. The van der Waals surface area contributed by atoms with Gasteiger partial charge in [0.2, 0.25) is 5.91 Å². The highest BCUT2D eigenvalue weighted by atomic mass is 16.5. The van der Waals surface area contributed by atoms with E-state index < -0.39 is 0 Å². The molecule has 1 aromatic carbocycles. The second-order valence-electron chi connectivity index (χ2n) is 5.27. The van der Waals surface area contributed by atoms with E-state index in [2.05, 4.69) is 17.1 Å². The van der Waals surface area contributed by atoms with Gasteiger partial charge in [-0.05, 0) is 32.1 Å². The molecule has 1 amide bonds. The standard InChI is InChI=1S/C16H27N3O2/c1-4-5-6-10-19(2)11-9-16(20)18-14-8-7-13(17)12-15(14)21-3/h7-8,12H,4-6,9-11,17H2,1-3H3,(H,18,20). The number of nitrogen functional groups attached to an aromatic ring is 1. The van der Waals surface area contributed by atoms with Crippen molar-refractivity contribution in [2.24, 2.45) is 0 Å². The maximum absolute atomic E-state index is 12.0. The molecule has 0 aliphatic rings. The summed E-state index contributed by atoms with van der Waals surface area (Å²) in [6.45, 7) is 3.98. The monoisotopic (exact) mass is 293 g/mol. The second-order valence-corrected chi connectivity index (χ2v) is 5.27. The zero-order chi connectivity index (χ0) is 15.7. The third-order valence-electron chi connectivity index (χ3n) is 3.36. The number of amides is 1. The Labute approximate surface area is 127 Å². The number of anilines is 2. The number of carbonyl (C=O) groups excluding carboxylic acids is 1. The fourth-order valence-corrected chi connectivity index (χ4v) is 2.06. The number of unbranched alkanes of at least 4 members (excludes halogenated alkanes) is 2. The van der Waals surface area contributed by atoms with E-state index in [0.717, 1.165) is 13.1 Å². The molecule has 0 bridgehead atoms. The molecule has 5 nitrogen and oxygen atoms in total. The van der Waals surface area contributed by atoms with Gasteiger partial charge < -0.3 is 20.7 Å².